The summed E-state index contributed by atoms with van der Waals surface area (Å²) in [6, 6.07) is 8.30. The average Bonchev–Trinajstić information content (AvgIpc) is 2.38. The molecule has 0 saturated heterocycles. The molecular weight excluding hydrogens is 316 g/mol. The fourth-order valence-electron chi connectivity index (χ4n) is 2.27. The van der Waals surface area contributed by atoms with E-state index in [9.17, 15) is 4.79 Å². The summed E-state index contributed by atoms with van der Waals surface area (Å²) in [4.78, 5) is 12.2. The van der Waals surface area contributed by atoms with Crippen molar-refractivity contribution in [1.29, 1.82) is 0 Å². The van der Waals surface area contributed by atoms with Crippen LogP contribution in [0.25, 0.3) is 0 Å². The van der Waals surface area contributed by atoms with Crippen molar-refractivity contribution >= 4 is 21.8 Å². The third-order valence-corrected chi connectivity index (χ3v) is 3.78. The van der Waals surface area contributed by atoms with Crippen LogP contribution < -0.4 is 11.1 Å². The van der Waals surface area contributed by atoms with Crippen molar-refractivity contribution in [3.8, 4) is 0 Å². The summed E-state index contributed by atoms with van der Waals surface area (Å²) in [7, 11) is 0. The molecule has 0 fully saturated rings. The lowest BCUT2D eigenvalue weighted by Gasteiger charge is -2.20. The second kappa shape index (κ2) is 8.42. The van der Waals surface area contributed by atoms with Crippen LogP contribution in [0.5, 0.6) is 0 Å². The first-order valence-corrected chi connectivity index (χ1v) is 7.96. The van der Waals surface area contributed by atoms with Gasteiger partial charge < -0.3 is 11.1 Å². The average molecular weight is 341 g/mol. The van der Waals surface area contributed by atoms with Crippen molar-refractivity contribution < 1.29 is 4.79 Å². The van der Waals surface area contributed by atoms with Gasteiger partial charge in [-0.05, 0) is 43.4 Å². The van der Waals surface area contributed by atoms with E-state index in [0.717, 1.165) is 17.3 Å². The van der Waals surface area contributed by atoms with Gasteiger partial charge in [-0.25, -0.2) is 0 Å². The Labute approximate surface area is 130 Å². The predicted molar refractivity (Wildman–Crippen MR) is 87.5 cm³/mol. The van der Waals surface area contributed by atoms with E-state index in [1.54, 1.807) is 0 Å². The molecule has 1 aromatic carbocycles. The smallest absolute Gasteiger partial charge is 0.224 e. The maximum Gasteiger partial charge on any atom is 0.224 e. The molecule has 3 nitrogen and oxygen atoms in total. The molecule has 0 bridgehead atoms. The van der Waals surface area contributed by atoms with Gasteiger partial charge in [-0.1, -0.05) is 41.9 Å². The lowest BCUT2D eigenvalue weighted by molar-refractivity contribution is -0.125. The van der Waals surface area contributed by atoms with Crippen molar-refractivity contribution in [1.82, 2.24) is 5.32 Å². The first-order valence-electron chi connectivity index (χ1n) is 7.17. The Kier molecular flexibility index (Phi) is 7.24. The number of rotatable bonds is 7. The molecule has 2 atom stereocenters. The van der Waals surface area contributed by atoms with Crippen molar-refractivity contribution in [2.75, 3.05) is 6.54 Å². The Morgan fingerprint density at radius 1 is 1.25 bits per heavy atom. The van der Waals surface area contributed by atoms with Crippen LogP contribution in [0, 0.1) is 11.8 Å². The number of carbonyl (C=O) groups excluding carboxylic acids is 1. The zero-order valence-corrected chi connectivity index (χ0v) is 14.1. The molecule has 0 heterocycles. The highest BCUT2D eigenvalue weighted by Gasteiger charge is 2.19. The lowest BCUT2D eigenvalue weighted by atomic mass is 9.96. The second-order valence-electron chi connectivity index (χ2n) is 5.80. The van der Waals surface area contributed by atoms with Gasteiger partial charge in [-0.3, -0.25) is 4.79 Å². The van der Waals surface area contributed by atoms with E-state index in [4.69, 9.17) is 5.73 Å². The maximum atomic E-state index is 12.2. The number of hydrogen-bond acceptors (Lipinski definition) is 2. The van der Waals surface area contributed by atoms with E-state index >= 15 is 0 Å². The maximum absolute atomic E-state index is 12.2. The molecule has 0 aliphatic carbocycles. The summed E-state index contributed by atoms with van der Waals surface area (Å²) < 4.78 is 1.07. The topological polar surface area (TPSA) is 55.1 Å². The molecule has 0 saturated carbocycles. The summed E-state index contributed by atoms with van der Waals surface area (Å²) in [5, 5.41) is 3.07. The lowest BCUT2D eigenvalue weighted by Crippen LogP contribution is -2.41. The Bertz CT molecular complexity index is 417. The quantitative estimate of drug-likeness (QED) is 0.801. The minimum absolute atomic E-state index is 0.0748. The summed E-state index contributed by atoms with van der Waals surface area (Å²) in [6.07, 6.45) is 1.67. The number of hydrogen-bond donors (Lipinski definition) is 2. The van der Waals surface area contributed by atoms with Crippen LogP contribution in [0.3, 0.4) is 0 Å². The van der Waals surface area contributed by atoms with Gasteiger partial charge in [-0.2, -0.15) is 0 Å². The Hall–Kier alpha value is -0.870. The van der Waals surface area contributed by atoms with Gasteiger partial charge in [0.1, 0.15) is 0 Å². The van der Waals surface area contributed by atoms with Crippen LogP contribution in [0.4, 0.5) is 0 Å². The van der Waals surface area contributed by atoms with Crippen molar-refractivity contribution in [3.05, 3.63) is 34.3 Å². The molecule has 0 radical (unpaired) electrons. The van der Waals surface area contributed by atoms with Gasteiger partial charge in [0.25, 0.3) is 0 Å². The first kappa shape index (κ1) is 17.2. The Balaban J connectivity index is 2.50. The van der Waals surface area contributed by atoms with Crippen LogP contribution in [0.15, 0.2) is 28.7 Å². The highest BCUT2D eigenvalue weighted by atomic mass is 79.9. The molecule has 112 valence electrons. The zero-order valence-electron chi connectivity index (χ0n) is 12.5. The van der Waals surface area contributed by atoms with Crippen LogP contribution in [0.2, 0.25) is 0 Å². The third-order valence-electron chi connectivity index (χ3n) is 3.26. The molecule has 1 aromatic rings. The van der Waals surface area contributed by atoms with Gasteiger partial charge >= 0.3 is 0 Å². The second-order valence-corrected chi connectivity index (χ2v) is 6.72. The minimum Gasteiger partial charge on any atom is -0.353 e. The van der Waals surface area contributed by atoms with E-state index in [1.807, 2.05) is 19.1 Å². The normalized spacial score (nSPS) is 14.1. The van der Waals surface area contributed by atoms with Crippen LogP contribution in [-0.2, 0) is 11.2 Å². The van der Waals surface area contributed by atoms with E-state index in [1.165, 1.54) is 5.56 Å². The highest BCUT2D eigenvalue weighted by Crippen LogP contribution is 2.13. The number of halogens is 1. The largest absolute Gasteiger partial charge is 0.353 e. The first-order chi connectivity index (χ1) is 9.42. The Morgan fingerprint density at radius 2 is 1.85 bits per heavy atom. The van der Waals surface area contributed by atoms with Gasteiger partial charge in [0, 0.05) is 17.1 Å². The van der Waals surface area contributed by atoms with Gasteiger partial charge in [0.2, 0.25) is 5.91 Å². The molecule has 0 spiro atoms. The number of nitrogens with two attached hydrogens (primary N) is 1. The molecule has 4 heteroatoms. The number of amides is 1. The SMILES string of the molecule is CC(C)CC(CN)C(=O)NC(C)Cc1ccc(Br)cc1. The number of benzene rings is 1. The summed E-state index contributed by atoms with van der Waals surface area (Å²) in [5.41, 5.74) is 6.92. The van der Waals surface area contributed by atoms with Crippen LogP contribution in [0.1, 0.15) is 32.8 Å². The monoisotopic (exact) mass is 340 g/mol. The summed E-state index contributed by atoms with van der Waals surface area (Å²) in [6.45, 7) is 6.67. The van der Waals surface area contributed by atoms with E-state index in [0.29, 0.717) is 12.5 Å². The van der Waals surface area contributed by atoms with Crippen molar-refractivity contribution in [2.45, 2.75) is 39.7 Å². The predicted octanol–water partition coefficient (Wildman–Crippen LogP) is 3.12. The summed E-state index contributed by atoms with van der Waals surface area (Å²) in [5.74, 6) is 0.476. The molecule has 2 unspecified atom stereocenters. The van der Waals surface area contributed by atoms with Gasteiger partial charge in [0.05, 0.1) is 5.92 Å². The van der Waals surface area contributed by atoms with E-state index in [-0.39, 0.29) is 17.9 Å². The molecule has 0 aliphatic rings. The van der Waals surface area contributed by atoms with Crippen molar-refractivity contribution in [2.24, 2.45) is 17.6 Å². The third kappa shape index (κ3) is 6.06. The number of carbonyl (C=O) groups is 1. The molecule has 0 aliphatic heterocycles. The standard InChI is InChI=1S/C16H25BrN2O/c1-11(2)8-14(10-18)16(20)19-12(3)9-13-4-6-15(17)7-5-13/h4-7,11-12,14H,8-10,18H2,1-3H3,(H,19,20). The fourth-order valence-corrected chi connectivity index (χ4v) is 2.53. The molecule has 20 heavy (non-hydrogen) atoms. The molecular formula is C16H25BrN2O. The minimum atomic E-state index is -0.0811. The van der Waals surface area contributed by atoms with Crippen LogP contribution in [-0.4, -0.2) is 18.5 Å². The molecule has 0 aromatic heterocycles. The van der Waals surface area contributed by atoms with E-state index < -0.39 is 0 Å². The number of nitrogens with one attached hydrogen (secondary N) is 1. The van der Waals surface area contributed by atoms with Crippen LogP contribution >= 0.6 is 15.9 Å². The van der Waals surface area contributed by atoms with Crippen molar-refractivity contribution in [3.63, 3.8) is 0 Å². The molecule has 1 amide bonds. The zero-order chi connectivity index (χ0) is 15.1. The Morgan fingerprint density at radius 3 is 2.35 bits per heavy atom. The molecule has 1 rings (SSSR count). The summed E-state index contributed by atoms with van der Waals surface area (Å²) >= 11 is 3.42. The van der Waals surface area contributed by atoms with Gasteiger partial charge in [0.15, 0.2) is 0 Å². The highest BCUT2D eigenvalue weighted by molar-refractivity contribution is 9.10. The van der Waals surface area contributed by atoms with Gasteiger partial charge in [-0.15, -0.1) is 0 Å². The van der Waals surface area contributed by atoms with E-state index in [2.05, 4.69) is 47.2 Å². The molecule has 3 N–H and O–H groups in total. The fraction of sp³-hybridized carbons (Fsp3) is 0.562.